The zero-order chi connectivity index (χ0) is 27.0. The standard InChI is InChI=1S/C28H33Cl2N7O2/c1-38-25-16-20(8-11-24(25)39-19-21-9-10-22(29)17-23(21)30)18-31-35-26-32-27(36-12-4-2-5-13-36)34-28(33-26)37-14-6-3-7-15-37/h8-11,16-17H,2-7,12-15,18-19H2,1H3. The molecule has 0 spiro atoms. The van der Waals surface area contributed by atoms with Gasteiger partial charge in [-0.3, -0.25) is 0 Å². The van der Waals surface area contributed by atoms with Crippen molar-refractivity contribution in [1.82, 2.24) is 15.0 Å². The maximum atomic E-state index is 6.27. The minimum atomic E-state index is 0.295. The summed E-state index contributed by atoms with van der Waals surface area (Å²) in [4.78, 5) is 18.6. The number of rotatable bonds is 9. The summed E-state index contributed by atoms with van der Waals surface area (Å²) >= 11 is 12.3. The van der Waals surface area contributed by atoms with Crippen molar-refractivity contribution >= 4 is 41.0 Å². The molecule has 2 aliphatic rings. The third-order valence-electron chi connectivity index (χ3n) is 6.92. The van der Waals surface area contributed by atoms with Gasteiger partial charge < -0.3 is 19.3 Å². The van der Waals surface area contributed by atoms with Crippen molar-refractivity contribution in [1.29, 1.82) is 0 Å². The van der Waals surface area contributed by atoms with E-state index >= 15 is 0 Å². The number of hydrogen-bond acceptors (Lipinski definition) is 9. The Hall–Kier alpha value is -3.17. The summed E-state index contributed by atoms with van der Waals surface area (Å²) in [6.45, 7) is 4.47. The number of azo groups is 1. The molecule has 0 radical (unpaired) electrons. The van der Waals surface area contributed by atoms with Crippen molar-refractivity contribution in [2.24, 2.45) is 10.2 Å². The molecule has 2 aromatic carbocycles. The fraction of sp³-hybridized carbons (Fsp3) is 0.464. The molecule has 3 aromatic rings. The maximum absolute atomic E-state index is 6.27. The lowest BCUT2D eigenvalue weighted by Gasteiger charge is -2.29. The predicted molar refractivity (Wildman–Crippen MR) is 154 cm³/mol. The molecule has 0 bridgehead atoms. The van der Waals surface area contributed by atoms with Gasteiger partial charge in [-0.15, -0.1) is 5.11 Å². The molecule has 5 rings (SSSR count). The molecule has 39 heavy (non-hydrogen) atoms. The second-order valence-electron chi connectivity index (χ2n) is 9.74. The molecule has 0 aliphatic carbocycles. The molecule has 2 saturated heterocycles. The van der Waals surface area contributed by atoms with Crippen LogP contribution in [0.3, 0.4) is 0 Å². The van der Waals surface area contributed by atoms with Gasteiger partial charge in [-0.2, -0.15) is 20.1 Å². The second kappa shape index (κ2) is 13.3. The molecule has 206 valence electrons. The summed E-state index contributed by atoms with van der Waals surface area (Å²) in [5.74, 6) is 2.95. The van der Waals surface area contributed by atoms with Crippen molar-refractivity contribution < 1.29 is 9.47 Å². The summed E-state index contributed by atoms with van der Waals surface area (Å²) in [7, 11) is 1.61. The third-order valence-corrected chi connectivity index (χ3v) is 7.50. The van der Waals surface area contributed by atoms with Gasteiger partial charge in [0.1, 0.15) is 6.61 Å². The molecule has 2 aliphatic heterocycles. The highest BCUT2D eigenvalue weighted by Gasteiger charge is 2.20. The first-order valence-corrected chi connectivity index (χ1v) is 14.2. The van der Waals surface area contributed by atoms with Gasteiger partial charge in [-0.05, 0) is 68.4 Å². The lowest BCUT2D eigenvalue weighted by Crippen LogP contribution is -2.34. The number of halogens is 2. The SMILES string of the molecule is COc1cc(CN=Nc2nc(N3CCCCC3)nc(N3CCCCC3)n2)ccc1OCc1ccc(Cl)cc1Cl. The first-order chi connectivity index (χ1) is 19.1. The van der Waals surface area contributed by atoms with E-state index in [0.29, 0.717) is 52.5 Å². The van der Waals surface area contributed by atoms with Gasteiger partial charge in [0.15, 0.2) is 11.5 Å². The molecule has 0 amide bonds. The molecule has 2 fully saturated rings. The van der Waals surface area contributed by atoms with E-state index in [1.807, 2.05) is 24.3 Å². The first kappa shape index (κ1) is 27.4. The monoisotopic (exact) mass is 569 g/mol. The number of hydrogen-bond donors (Lipinski definition) is 0. The van der Waals surface area contributed by atoms with Crippen molar-refractivity contribution in [2.45, 2.75) is 51.7 Å². The fourth-order valence-electron chi connectivity index (χ4n) is 4.76. The van der Waals surface area contributed by atoms with Gasteiger partial charge in [0.2, 0.25) is 11.9 Å². The van der Waals surface area contributed by atoms with Crippen LogP contribution in [-0.2, 0) is 13.2 Å². The van der Waals surface area contributed by atoms with Gasteiger partial charge in [0.05, 0.1) is 13.7 Å². The van der Waals surface area contributed by atoms with Crippen molar-refractivity contribution in [3.63, 3.8) is 0 Å². The Morgan fingerprint density at radius 1 is 0.795 bits per heavy atom. The Kier molecular flexibility index (Phi) is 9.32. The average molecular weight is 571 g/mol. The number of methoxy groups -OCH3 is 1. The van der Waals surface area contributed by atoms with Crippen LogP contribution >= 0.6 is 23.2 Å². The van der Waals surface area contributed by atoms with Gasteiger partial charge >= 0.3 is 0 Å². The topological polar surface area (TPSA) is 88.3 Å². The highest BCUT2D eigenvalue weighted by Crippen LogP contribution is 2.31. The molecule has 9 nitrogen and oxygen atoms in total. The van der Waals surface area contributed by atoms with Crippen molar-refractivity contribution in [2.75, 3.05) is 43.1 Å². The largest absolute Gasteiger partial charge is 0.493 e. The Balaban J connectivity index is 1.28. The van der Waals surface area contributed by atoms with Gasteiger partial charge in [0, 0.05) is 41.8 Å². The summed E-state index contributed by atoms with van der Waals surface area (Å²) in [5.41, 5.74) is 1.76. The smallest absolute Gasteiger partial charge is 0.275 e. The number of benzene rings is 2. The Morgan fingerprint density at radius 3 is 2.08 bits per heavy atom. The number of nitrogens with zero attached hydrogens (tertiary/aromatic N) is 7. The average Bonchev–Trinajstić information content (AvgIpc) is 2.98. The van der Waals surface area contributed by atoms with Gasteiger partial charge in [-0.25, -0.2) is 0 Å². The Labute approximate surface area is 239 Å². The van der Waals surface area contributed by atoms with E-state index in [-0.39, 0.29) is 0 Å². The second-order valence-corrected chi connectivity index (χ2v) is 10.6. The number of aromatic nitrogens is 3. The highest BCUT2D eigenvalue weighted by molar-refractivity contribution is 6.35. The maximum Gasteiger partial charge on any atom is 0.275 e. The summed E-state index contributed by atoms with van der Waals surface area (Å²) in [6, 6.07) is 11.0. The van der Waals surface area contributed by atoms with Gasteiger partial charge in [-0.1, -0.05) is 35.3 Å². The van der Waals surface area contributed by atoms with E-state index in [1.165, 1.54) is 12.8 Å². The minimum Gasteiger partial charge on any atom is -0.493 e. The van der Waals surface area contributed by atoms with E-state index in [0.717, 1.165) is 63.0 Å². The highest BCUT2D eigenvalue weighted by atomic mass is 35.5. The van der Waals surface area contributed by atoms with E-state index in [9.17, 15) is 0 Å². The van der Waals surface area contributed by atoms with Crippen LogP contribution in [-0.4, -0.2) is 48.2 Å². The van der Waals surface area contributed by atoms with Crippen LogP contribution in [0.25, 0.3) is 0 Å². The van der Waals surface area contributed by atoms with Crippen LogP contribution in [0.2, 0.25) is 10.0 Å². The number of piperidine rings is 2. The molecule has 0 atom stereocenters. The van der Waals surface area contributed by atoms with Crippen LogP contribution in [0.4, 0.5) is 17.8 Å². The van der Waals surface area contributed by atoms with Gasteiger partial charge in [0.25, 0.3) is 5.95 Å². The number of anilines is 2. The zero-order valence-electron chi connectivity index (χ0n) is 22.2. The summed E-state index contributed by atoms with van der Waals surface area (Å²) in [5, 5.41) is 9.95. The van der Waals surface area contributed by atoms with Crippen molar-refractivity contribution in [3.05, 3.63) is 57.6 Å². The van der Waals surface area contributed by atoms with Crippen LogP contribution < -0.4 is 19.3 Å². The van der Waals surface area contributed by atoms with E-state index in [2.05, 4.69) is 30.0 Å². The third kappa shape index (κ3) is 7.28. The Morgan fingerprint density at radius 2 is 1.46 bits per heavy atom. The first-order valence-electron chi connectivity index (χ1n) is 13.5. The molecule has 0 N–H and O–H groups in total. The molecule has 0 saturated carbocycles. The van der Waals surface area contributed by atoms with Crippen LogP contribution in [0.5, 0.6) is 11.5 Å². The van der Waals surface area contributed by atoms with Crippen LogP contribution in [0.15, 0.2) is 46.6 Å². The fourth-order valence-corrected chi connectivity index (χ4v) is 5.23. The molecular weight excluding hydrogens is 537 g/mol. The minimum absolute atomic E-state index is 0.295. The van der Waals surface area contributed by atoms with Crippen molar-refractivity contribution in [3.8, 4) is 11.5 Å². The summed E-state index contributed by atoms with van der Waals surface area (Å²) < 4.78 is 11.5. The normalized spacial score (nSPS) is 16.1. The quantitative estimate of drug-likeness (QED) is 0.255. The van der Waals surface area contributed by atoms with Crippen LogP contribution in [0, 0.1) is 0 Å². The van der Waals surface area contributed by atoms with E-state index in [1.54, 1.807) is 19.2 Å². The lowest BCUT2D eigenvalue weighted by molar-refractivity contribution is 0.284. The molecule has 3 heterocycles. The van der Waals surface area contributed by atoms with Crippen LogP contribution in [0.1, 0.15) is 49.7 Å². The zero-order valence-corrected chi connectivity index (χ0v) is 23.7. The molecule has 1 aromatic heterocycles. The number of ether oxygens (including phenoxy) is 2. The molecule has 11 heteroatoms. The van der Waals surface area contributed by atoms with E-state index in [4.69, 9.17) is 37.7 Å². The molecule has 0 unspecified atom stereocenters. The molecular formula is C28H33Cl2N7O2. The Bertz CT molecular complexity index is 1260. The lowest BCUT2D eigenvalue weighted by atomic mass is 10.1. The summed E-state index contributed by atoms with van der Waals surface area (Å²) in [6.07, 6.45) is 7.09. The predicted octanol–water partition coefficient (Wildman–Crippen LogP) is 7.03. The van der Waals surface area contributed by atoms with E-state index < -0.39 is 0 Å².